The summed E-state index contributed by atoms with van der Waals surface area (Å²) in [6, 6.07) is 15.1. The molecule has 1 aliphatic heterocycles. The van der Waals surface area contributed by atoms with Gasteiger partial charge in [0.2, 0.25) is 0 Å². The third-order valence-corrected chi connectivity index (χ3v) is 6.85. The Labute approximate surface area is 228 Å². The van der Waals surface area contributed by atoms with Crippen LogP contribution in [0.5, 0.6) is 11.5 Å². The SMILES string of the molecule is COc1ccccc1OCC(=O)N1CCN(C(C)C)CCCN(C(=O)c2ccncc2)c2ccc(F)cc2C1. The van der Waals surface area contributed by atoms with Crippen LogP contribution in [0.25, 0.3) is 0 Å². The van der Waals surface area contributed by atoms with Crippen molar-refractivity contribution in [3.05, 3.63) is 83.9 Å². The van der Waals surface area contributed by atoms with Crippen LogP contribution in [0.2, 0.25) is 0 Å². The Balaban J connectivity index is 1.66. The number of benzene rings is 2. The summed E-state index contributed by atoms with van der Waals surface area (Å²) < 4.78 is 25.7. The number of rotatable bonds is 6. The standard InChI is InChI=1S/C30H35FN4O4/c1-22(2)33-15-6-16-35(30(37)23-11-13-32-14-12-23)26-10-9-25(31)19-24(26)20-34(18-17-33)29(36)21-39-28-8-5-4-7-27(28)38-3/h4-5,7-14,19,22H,6,15-18,20-21H2,1-3H3. The average molecular weight is 535 g/mol. The molecule has 8 nitrogen and oxygen atoms in total. The summed E-state index contributed by atoms with van der Waals surface area (Å²) in [5.41, 5.74) is 1.63. The topological polar surface area (TPSA) is 75.2 Å². The molecule has 0 unspecified atom stereocenters. The zero-order chi connectivity index (χ0) is 27.8. The summed E-state index contributed by atoms with van der Waals surface area (Å²) in [4.78, 5) is 36.8. The first-order valence-corrected chi connectivity index (χ1v) is 13.2. The lowest BCUT2D eigenvalue weighted by molar-refractivity contribution is -0.134. The van der Waals surface area contributed by atoms with Gasteiger partial charge in [-0.05, 0) is 68.3 Å². The Morgan fingerprint density at radius 2 is 1.72 bits per heavy atom. The molecule has 39 heavy (non-hydrogen) atoms. The van der Waals surface area contributed by atoms with Gasteiger partial charge in [-0.2, -0.15) is 0 Å². The largest absolute Gasteiger partial charge is 0.493 e. The summed E-state index contributed by atoms with van der Waals surface area (Å²) >= 11 is 0. The van der Waals surface area contributed by atoms with Crippen molar-refractivity contribution in [2.45, 2.75) is 32.9 Å². The van der Waals surface area contributed by atoms with Crippen LogP contribution < -0.4 is 14.4 Å². The molecule has 1 aromatic heterocycles. The molecule has 2 amide bonds. The molecule has 0 N–H and O–H groups in total. The van der Waals surface area contributed by atoms with Gasteiger partial charge in [0, 0.05) is 62.4 Å². The molecule has 9 heteroatoms. The molecule has 0 saturated heterocycles. The molecular weight excluding hydrogens is 499 g/mol. The van der Waals surface area contributed by atoms with Crippen molar-refractivity contribution in [1.29, 1.82) is 0 Å². The second-order valence-electron chi connectivity index (χ2n) is 9.70. The van der Waals surface area contributed by atoms with Gasteiger partial charge in [0.1, 0.15) is 5.82 Å². The number of nitrogens with zero attached hydrogens (tertiary/aromatic N) is 4. The van der Waals surface area contributed by atoms with Gasteiger partial charge in [0.25, 0.3) is 11.8 Å². The Bertz CT molecular complexity index is 1270. The lowest BCUT2D eigenvalue weighted by Crippen LogP contribution is -2.42. The summed E-state index contributed by atoms with van der Waals surface area (Å²) in [5, 5.41) is 0. The van der Waals surface area contributed by atoms with Gasteiger partial charge in [0.05, 0.1) is 7.11 Å². The molecule has 1 aliphatic rings. The number of ether oxygens (including phenoxy) is 2. The van der Waals surface area contributed by atoms with E-state index in [1.807, 2.05) is 12.1 Å². The fraction of sp³-hybridized carbons (Fsp3) is 0.367. The fourth-order valence-corrected chi connectivity index (χ4v) is 4.70. The zero-order valence-electron chi connectivity index (χ0n) is 22.7. The first-order chi connectivity index (χ1) is 18.9. The van der Waals surface area contributed by atoms with Crippen LogP contribution in [-0.2, 0) is 11.3 Å². The second kappa shape index (κ2) is 13.2. The van der Waals surface area contributed by atoms with Crippen LogP contribution >= 0.6 is 0 Å². The van der Waals surface area contributed by atoms with Gasteiger partial charge in [-0.3, -0.25) is 19.5 Å². The molecule has 2 heterocycles. The third-order valence-electron chi connectivity index (χ3n) is 6.85. The van der Waals surface area contributed by atoms with Crippen molar-refractivity contribution in [3.8, 4) is 11.5 Å². The van der Waals surface area contributed by atoms with E-state index in [-0.39, 0.29) is 31.0 Å². The predicted octanol–water partition coefficient (Wildman–Crippen LogP) is 4.40. The van der Waals surface area contributed by atoms with E-state index in [0.29, 0.717) is 47.9 Å². The van der Waals surface area contributed by atoms with Crippen molar-refractivity contribution >= 4 is 17.5 Å². The van der Waals surface area contributed by atoms with Crippen molar-refractivity contribution < 1.29 is 23.5 Å². The number of fused-ring (bicyclic) bond motifs is 1. The maximum atomic E-state index is 14.5. The number of pyridine rings is 1. The number of aromatic nitrogens is 1. The van der Waals surface area contributed by atoms with E-state index < -0.39 is 5.82 Å². The monoisotopic (exact) mass is 534 g/mol. The molecule has 0 saturated carbocycles. The van der Waals surface area contributed by atoms with Crippen LogP contribution in [0.4, 0.5) is 10.1 Å². The van der Waals surface area contributed by atoms with E-state index in [2.05, 4.69) is 23.7 Å². The summed E-state index contributed by atoms with van der Waals surface area (Å²) in [5.74, 6) is 0.132. The molecule has 0 fully saturated rings. The molecule has 206 valence electrons. The lowest BCUT2D eigenvalue weighted by atomic mass is 10.1. The average Bonchev–Trinajstić information content (AvgIpc) is 2.98. The number of amides is 2. The fourth-order valence-electron chi connectivity index (χ4n) is 4.70. The second-order valence-corrected chi connectivity index (χ2v) is 9.70. The molecule has 0 aliphatic carbocycles. The zero-order valence-corrected chi connectivity index (χ0v) is 22.7. The van der Waals surface area contributed by atoms with Crippen LogP contribution in [0.15, 0.2) is 67.0 Å². The number of hydrogen-bond donors (Lipinski definition) is 0. The van der Waals surface area contributed by atoms with E-state index >= 15 is 0 Å². The van der Waals surface area contributed by atoms with Crippen LogP contribution in [0.3, 0.4) is 0 Å². The highest BCUT2D eigenvalue weighted by atomic mass is 19.1. The van der Waals surface area contributed by atoms with Crippen LogP contribution in [0, 0.1) is 5.82 Å². The first-order valence-electron chi connectivity index (χ1n) is 13.2. The Hall–Kier alpha value is -3.98. The van der Waals surface area contributed by atoms with Gasteiger partial charge in [0.15, 0.2) is 18.1 Å². The number of halogens is 1. The number of carbonyl (C=O) groups excluding carboxylic acids is 2. The van der Waals surface area contributed by atoms with Gasteiger partial charge in [-0.15, -0.1) is 0 Å². The van der Waals surface area contributed by atoms with Gasteiger partial charge >= 0.3 is 0 Å². The minimum atomic E-state index is -0.429. The molecule has 4 rings (SSSR count). The lowest BCUT2D eigenvalue weighted by Gasteiger charge is -2.30. The van der Waals surface area contributed by atoms with E-state index in [1.54, 1.807) is 59.6 Å². The molecule has 0 spiro atoms. The molecule has 0 atom stereocenters. The van der Waals surface area contributed by atoms with Crippen LogP contribution in [0.1, 0.15) is 36.2 Å². The van der Waals surface area contributed by atoms with Gasteiger partial charge in [-0.25, -0.2) is 4.39 Å². The number of hydrogen-bond acceptors (Lipinski definition) is 6. The first kappa shape index (κ1) is 28.0. The van der Waals surface area contributed by atoms with Crippen molar-refractivity contribution in [1.82, 2.24) is 14.8 Å². The minimum absolute atomic E-state index is 0.132. The van der Waals surface area contributed by atoms with E-state index in [0.717, 1.165) is 13.0 Å². The van der Waals surface area contributed by atoms with E-state index in [9.17, 15) is 14.0 Å². The van der Waals surface area contributed by atoms with Crippen molar-refractivity contribution in [2.24, 2.45) is 0 Å². The predicted molar refractivity (Wildman–Crippen MR) is 148 cm³/mol. The van der Waals surface area contributed by atoms with Gasteiger partial charge < -0.3 is 19.3 Å². The maximum absolute atomic E-state index is 14.5. The summed E-state index contributed by atoms with van der Waals surface area (Å²) in [6.07, 6.45) is 3.87. The highest BCUT2D eigenvalue weighted by Crippen LogP contribution is 2.28. The van der Waals surface area contributed by atoms with E-state index in [4.69, 9.17) is 9.47 Å². The summed E-state index contributed by atoms with van der Waals surface area (Å²) in [6.45, 7) is 6.42. The normalized spacial score (nSPS) is 14.9. The molecule has 0 radical (unpaired) electrons. The molecule has 3 aromatic rings. The third kappa shape index (κ3) is 7.11. The number of carbonyl (C=O) groups is 2. The Morgan fingerprint density at radius 1 is 0.974 bits per heavy atom. The number of para-hydroxylation sites is 2. The van der Waals surface area contributed by atoms with Crippen molar-refractivity contribution in [3.63, 3.8) is 0 Å². The molecule has 0 bridgehead atoms. The Morgan fingerprint density at radius 3 is 2.44 bits per heavy atom. The molecule has 2 aromatic carbocycles. The Kier molecular flexibility index (Phi) is 9.49. The number of methoxy groups -OCH3 is 1. The minimum Gasteiger partial charge on any atom is -0.493 e. The molecular formula is C30H35FN4O4. The smallest absolute Gasteiger partial charge is 0.260 e. The van der Waals surface area contributed by atoms with Crippen molar-refractivity contribution in [2.75, 3.05) is 44.8 Å². The highest BCUT2D eigenvalue weighted by Gasteiger charge is 2.26. The summed E-state index contributed by atoms with van der Waals surface area (Å²) in [7, 11) is 1.54. The highest BCUT2D eigenvalue weighted by molar-refractivity contribution is 6.06. The van der Waals surface area contributed by atoms with Gasteiger partial charge in [-0.1, -0.05) is 12.1 Å². The number of anilines is 1. The quantitative estimate of drug-likeness (QED) is 0.467. The van der Waals surface area contributed by atoms with E-state index in [1.165, 1.54) is 12.1 Å². The van der Waals surface area contributed by atoms with Crippen LogP contribution in [-0.4, -0.2) is 72.5 Å². The maximum Gasteiger partial charge on any atom is 0.260 e.